The number of primary amides is 1. The average Bonchev–Trinajstić information content (AvgIpc) is 2.55. The molecule has 9 heteroatoms. The monoisotopic (exact) mass is 368 g/mol. The molecule has 4 N–H and O–H groups in total. The van der Waals surface area contributed by atoms with Crippen molar-refractivity contribution in [3.05, 3.63) is 29.8 Å². The van der Waals surface area contributed by atoms with Crippen molar-refractivity contribution in [1.29, 1.82) is 0 Å². The molecule has 0 aromatic heterocycles. The van der Waals surface area contributed by atoms with Crippen molar-refractivity contribution in [3.8, 4) is 0 Å². The fraction of sp³-hybridized carbons (Fsp3) is 0.500. The number of sulfonamides is 1. The topological polar surface area (TPSA) is 122 Å². The quantitative estimate of drug-likeness (QED) is 0.693. The molecule has 2 rings (SSSR count). The number of nitrogens with one attached hydrogen (secondary N) is 2. The number of urea groups is 1. The summed E-state index contributed by atoms with van der Waals surface area (Å²) in [5.41, 5.74) is 5.99. The lowest BCUT2D eigenvalue weighted by Gasteiger charge is -2.32. The second-order valence-corrected chi connectivity index (χ2v) is 8.17. The van der Waals surface area contributed by atoms with Gasteiger partial charge >= 0.3 is 6.03 Å². The highest BCUT2D eigenvalue weighted by atomic mass is 32.2. The summed E-state index contributed by atoms with van der Waals surface area (Å²) in [6.45, 7) is 4.10. The Kier molecular flexibility index (Phi) is 6.02. The van der Waals surface area contributed by atoms with Crippen LogP contribution in [-0.4, -0.2) is 49.8 Å². The van der Waals surface area contributed by atoms with Gasteiger partial charge in [0.25, 0.3) is 0 Å². The molecule has 0 unspecified atom stereocenters. The summed E-state index contributed by atoms with van der Waals surface area (Å²) >= 11 is 0. The summed E-state index contributed by atoms with van der Waals surface area (Å²) in [4.78, 5) is 23.0. The van der Waals surface area contributed by atoms with Crippen LogP contribution in [-0.2, 0) is 14.8 Å². The molecule has 25 heavy (non-hydrogen) atoms. The zero-order valence-electron chi connectivity index (χ0n) is 14.4. The van der Waals surface area contributed by atoms with Gasteiger partial charge in [0, 0.05) is 19.1 Å². The first-order valence-electron chi connectivity index (χ1n) is 8.13. The van der Waals surface area contributed by atoms with Gasteiger partial charge in [-0.15, -0.1) is 0 Å². The third-order valence-electron chi connectivity index (χ3n) is 4.21. The van der Waals surface area contributed by atoms with Crippen molar-refractivity contribution in [1.82, 2.24) is 14.9 Å². The van der Waals surface area contributed by atoms with E-state index < -0.39 is 22.1 Å². The van der Waals surface area contributed by atoms with E-state index in [2.05, 4.69) is 10.6 Å². The molecule has 0 bridgehead atoms. The van der Waals surface area contributed by atoms with Gasteiger partial charge in [-0.3, -0.25) is 4.79 Å². The second-order valence-electron chi connectivity index (χ2n) is 6.23. The van der Waals surface area contributed by atoms with Crippen LogP contribution in [0.25, 0.3) is 0 Å². The van der Waals surface area contributed by atoms with Crippen LogP contribution in [0.1, 0.15) is 25.3 Å². The first-order chi connectivity index (χ1) is 11.7. The van der Waals surface area contributed by atoms with Gasteiger partial charge in [0.2, 0.25) is 15.9 Å². The van der Waals surface area contributed by atoms with Crippen molar-refractivity contribution in [2.75, 3.05) is 13.1 Å². The van der Waals surface area contributed by atoms with Crippen LogP contribution in [0.4, 0.5) is 4.79 Å². The Hall–Kier alpha value is -2.13. The van der Waals surface area contributed by atoms with Crippen molar-refractivity contribution in [2.24, 2.45) is 5.73 Å². The maximum atomic E-state index is 12.6. The molecule has 1 atom stereocenters. The third kappa shape index (κ3) is 4.93. The SMILES string of the molecule is Cc1ccc(S(=O)(=O)N2CCC(NC(=O)[C@H](C)NC(N)=O)CC2)cc1. The van der Waals surface area contributed by atoms with Gasteiger partial charge < -0.3 is 16.4 Å². The number of hydrogen-bond acceptors (Lipinski definition) is 4. The van der Waals surface area contributed by atoms with Crippen LogP contribution in [0.15, 0.2) is 29.2 Å². The van der Waals surface area contributed by atoms with Crippen LogP contribution in [0.3, 0.4) is 0 Å². The number of carbonyl (C=O) groups is 2. The molecule has 138 valence electrons. The van der Waals surface area contributed by atoms with E-state index >= 15 is 0 Å². The molecule has 1 aliphatic rings. The van der Waals surface area contributed by atoms with E-state index in [0.717, 1.165) is 5.56 Å². The maximum absolute atomic E-state index is 12.6. The van der Waals surface area contributed by atoms with Crippen LogP contribution < -0.4 is 16.4 Å². The number of hydrogen-bond donors (Lipinski definition) is 3. The van der Waals surface area contributed by atoms with Crippen molar-refractivity contribution in [3.63, 3.8) is 0 Å². The van der Waals surface area contributed by atoms with Crippen molar-refractivity contribution >= 4 is 22.0 Å². The van der Waals surface area contributed by atoms with Gasteiger partial charge in [0.1, 0.15) is 6.04 Å². The number of rotatable bonds is 5. The Balaban J connectivity index is 1.92. The van der Waals surface area contributed by atoms with E-state index in [1.165, 1.54) is 11.2 Å². The minimum Gasteiger partial charge on any atom is -0.352 e. The maximum Gasteiger partial charge on any atom is 0.312 e. The van der Waals surface area contributed by atoms with Crippen LogP contribution in [0.2, 0.25) is 0 Å². The molecule has 1 aromatic rings. The van der Waals surface area contributed by atoms with E-state index in [9.17, 15) is 18.0 Å². The van der Waals surface area contributed by atoms with Crippen LogP contribution in [0, 0.1) is 6.92 Å². The normalized spacial score (nSPS) is 17.7. The molecule has 1 fully saturated rings. The van der Waals surface area contributed by atoms with Gasteiger partial charge in [-0.1, -0.05) is 17.7 Å². The number of nitrogens with two attached hydrogens (primary N) is 1. The first-order valence-corrected chi connectivity index (χ1v) is 9.57. The Morgan fingerprint density at radius 2 is 1.76 bits per heavy atom. The highest BCUT2D eigenvalue weighted by Gasteiger charge is 2.30. The number of nitrogens with zero attached hydrogens (tertiary/aromatic N) is 1. The number of benzene rings is 1. The molecule has 3 amide bonds. The summed E-state index contributed by atoms with van der Waals surface area (Å²) in [5, 5.41) is 5.12. The third-order valence-corrected chi connectivity index (χ3v) is 6.12. The molecule has 1 saturated heterocycles. The van der Waals surface area contributed by atoms with Gasteiger partial charge in [-0.05, 0) is 38.8 Å². The molecule has 0 spiro atoms. The lowest BCUT2D eigenvalue weighted by molar-refractivity contribution is -0.123. The first kappa shape index (κ1) is 19.2. The number of carbonyl (C=O) groups excluding carboxylic acids is 2. The average molecular weight is 368 g/mol. The van der Waals surface area contributed by atoms with Crippen LogP contribution >= 0.6 is 0 Å². The Bertz CT molecular complexity index is 725. The summed E-state index contributed by atoms with van der Waals surface area (Å²) < 4.78 is 26.7. The van der Waals surface area contributed by atoms with E-state index in [1.807, 2.05) is 6.92 Å². The summed E-state index contributed by atoms with van der Waals surface area (Å²) in [6.07, 6.45) is 1.03. The van der Waals surface area contributed by atoms with Crippen LogP contribution in [0.5, 0.6) is 0 Å². The summed E-state index contributed by atoms with van der Waals surface area (Å²) in [6, 6.07) is 5.13. The molecular weight excluding hydrogens is 344 g/mol. The highest BCUT2D eigenvalue weighted by Crippen LogP contribution is 2.21. The Morgan fingerprint density at radius 3 is 2.28 bits per heavy atom. The van der Waals surface area contributed by atoms with Gasteiger partial charge in [-0.25, -0.2) is 13.2 Å². The molecule has 1 aliphatic heterocycles. The molecule has 1 heterocycles. The predicted octanol–water partition coefficient (Wildman–Crippen LogP) is 0.321. The minimum atomic E-state index is -3.52. The minimum absolute atomic E-state index is 0.130. The predicted molar refractivity (Wildman–Crippen MR) is 93.3 cm³/mol. The van der Waals surface area contributed by atoms with Gasteiger partial charge in [0.05, 0.1) is 4.90 Å². The highest BCUT2D eigenvalue weighted by molar-refractivity contribution is 7.89. The lowest BCUT2D eigenvalue weighted by atomic mass is 10.1. The Morgan fingerprint density at radius 1 is 1.20 bits per heavy atom. The molecular formula is C16H24N4O4S. The molecule has 1 aromatic carbocycles. The number of aryl methyl sites for hydroxylation is 1. The van der Waals surface area contributed by atoms with E-state index in [4.69, 9.17) is 5.73 Å². The molecule has 0 saturated carbocycles. The standard InChI is InChI=1S/C16H24N4O4S/c1-11-3-5-14(6-4-11)25(23,24)20-9-7-13(8-10-20)19-15(21)12(2)18-16(17)22/h3-6,12-13H,7-10H2,1-2H3,(H,19,21)(H3,17,18,22)/t12-/m0/s1. The summed E-state index contributed by atoms with van der Waals surface area (Å²) in [7, 11) is -3.52. The largest absolute Gasteiger partial charge is 0.352 e. The number of amides is 3. The Labute approximate surface area is 147 Å². The zero-order valence-corrected chi connectivity index (χ0v) is 15.2. The summed E-state index contributed by atoms with van der Waals surface area (Å²) in [5.74, 6) is -0.335. The van der Waals surface area contributed by atoms with E-state index in [-0.39, 0.29) is 16.8 Å². The lowest BCUT2D eigenvalue weighted by Crippen LogP contribution is -2.52. The van der Waals surface area contributed by atoms with Gasteiger partial charge in [0.15, 0.2) is 0 Å². The van der Waals surface area contributed by atoms with Gasteiger partial charge in [-0.2, -0.15) is 4.31 Å². The second kappa shape index (κ2) is 7.83. The molecule has 0 aliphatic carbocycles. The van der Waals surface area contributed by atoms with E-state index in [0.29, 0.717) is 25.9 Å². The van der Waals surface area contributed by atoms with Crippen molar-refractivity contribution in [2.45, 2.75) is 43.7 Å². The number of piperidine rings is 1. The van der Waals surface area contributed by atoms with Crippen molar-refractivity contribution < 1.29 is 18.0 Å². The molecule has 0 radical (unpaired) electrons. The molecule has 8 nitrogen and oxygen atoms in total. The fourth-order valence-corrected chi connectivity index (χ4v) is 4.17. The fourth-order valence-electron chi connectivity index (χ4n) is 2.70. The smallest absolute Gasteiger partial charge is 0.312 e. The zero-order chi connectivity index (χ0) is 18.6. The van der Waals surface area contributed by atoms with E-state index in [1.54, 1.807) is 24.3 Å².